The van der Waals surface area contributed by atoms with Crippen LogP contribution in [-0.2, 0) is 22.7 Å². The number of nitrogens with one attached hydrogen (secondary N) is 1. The van der Waals surface area contributed by atoms with Crippen LogP contribution in [0.3, 0.4) is 0 Å². The maximum atomic E-state index is 11.9. The van der Waals surface area contributed by atoms with Crippen molar-refractivity contribution in [3.05, 3.63) is 35.4 Å². The zero-order valence-electron chi connectivity index (χ0n) is 12.8. The molecule has 0 aliphatic heterocycles. The largest absolute Gasteiger partial charge is 0.380 e. The molecule has 0 saturated carbocycles. The minimum Gasteiger partial charge on any atom is -0.380 e. The van der Waals surface area contributed by atoms with Gasteiger partial charge in [-0.25, -0.2) is 0 Å². The molecule has 0 aromatic heterocycles. The molecule has 0 spiro atoms. The van der Waals surface area contributed by atoms with Crippen molar-refractivity contribution in [2.75, 3.05) is 27.2 Å². The summed E-state index contributed by atoms with van der Waals surface area (Å²) in [6.45, 7) is 4.69. The predicted octanol–water partition coefficient (Wildman–Crippen LogP) is 2.18. The van der Waals surface area contributed by atoms with Crippen LogP contribution in [-0.4, -0.2) is 38.1 Å². The highest BCUT2D eigenvalue weighted by atomic mass is 16.5. The molecule has 0 saturated heterocycles. The Morgan fingerprint density at radius 1 is 1.30 bits per heavy atom. The van der Waals surface area contributed by atoms with Gasteiger partial charge in [0.1, 0.15) is 0 Å². The predicted molar refractivity (Wildman–Crippen MR) is 81.4 cm³/mol. The number of nitrogens with zero attached hydrogens (tertiary/aromatic N) is 1. The summed E-state index contributed by atoms with van der Waals surface area (Å²) in [5.74, 6) is 0.0656. The number of amides is 1. The van der Waals surface area contributed by atoms with Gasteiger partial charge in [-0.1, -0.05) is 37.6 Å². The molecule has 0 atom stereocenters. The Hall–Kier alpha value is -1.39. The third-order valence-electron chi connectivity index (χ3n) is 3.20. The van der Waals surface area contributed by atoms with E-state index in [1.807, 2.05) is 31.3 Å². The number of ether oxygens (including phenoxy) is 1. The van der Waals surface area contributed by atoms with Gasteiger partial charge in [-0.05, 0) is 31.1 Å². The average molecular weight is 278 g/mol. The smallest absolute Gasteiger partial charge is 0.234 e. The van der Waals surface area contributed by atoms with Crippen molar-refractivity contribution >= 4 is 5.91 Å². The first-order chi connectivity index (χ1) is 9.67. The molecular weight excluding hydrogens is 252 g/mol. The number of carbonyl (C=O) groups excluding carboxylic acids is 1. The highest BCUT2D eigenvalue weighted by Crippen LogP contribution is 2.09. The van der Waals surface area contributed by atoms with Gasteiger partial charge >= 0.3 is 0 Å². The highest BCUT2D eigenvalue weighted by molar-refractivity contribution is 5.78. The lowest BCUT2D eigenvalue weighted by molar-refractivity contribution is -0.122. The molecule has 0 unspecified atom stereocenters. The zero-order chi connectivity index (χ0) is 14.8. The molecule has 0 radical (unpaired) electrons. The normalized spacial score (nSPS) is 10.8. The molecule has 1 aromatic rings. The maximum Gasteiger partial charge on any atom is 0.234 e. The van der Waals surface area contributed by atoms with Crippen LogP contribution >= 0.6 is 0 Å². The fourth-order valence-electron chi connectivity index (χ4n) is 2.03. The summed E-state index contributed by atoms with van der Waals surface area (Å²) in [5.41, 5.74) is 2.23. The lowest BCUT2D eigenvalue weighted by Gasteiger charge is -2.16. The van der Waals surface area contributed by atoms with E-state index < -0.39 is 0 Å². The van der Waals surface area contributed by atoms with Crippen molar-refractivity contribution in [1.29, 1.82) is 0 Å². The number of carbonyl (C=O) groups is 1. The lowest BCUT2D eigenvalue weighted by atomic mass is 10.1. The Balaban J connectivity index is 2.40. The van der Waals surface area contributed by atoms with Crippen LogP contribution in [0.1, 0.15) is 30.9 Å². The van der Waals surface area contributed by atoms with Gasteiger partial charge in [0.25, 0.3) is 0 Å². The molecular formula is C16H26N2O2. The van der Waals surface area contributed by atoms with E-state index in [1.165, 1.54) is 0 Å². The minimum absolute atomic E-state index is 0.0656. The lowest BCUT2D eigenvalue weighted by Crippen LogP contribution is -2.35. The molecule has 4 heteroatoms. The number of unbranched alkanes of at least 4 members (excludes halogenated alkanes) is 1. The fraction of sp³-hybridized carbons (Fsp3) is 0.562. The Bertz CT molecular complexity index is 407. The summed E-state index contributed by atoms with van der Waals surface area (Å²) >= 11 is 0. The number of likely N-dealkylation sites (N-methyl/N-ethyl adjacent to an activating group) is 1. The molecule has 112 valence electrons. The second-order valence-electron chi connectivity index (χ2n) is 5.07. The summed E-state index contributed by atoms with van der Waals surface area (Å²) in [4.78, 5) is 13.9. The summed E-state index contributed by atoms with van der Waals surface area (Å²) < 4.78 is 5.16. The molecule has 0 fully saturated rings. The number of benzene rings is 1. The van der Waals surface area contributed by atoms with Crippen molar-refractivity contribution in [3.63, 3.8) is 0 Å². The molecule has 0 bridgehead atoms. The van der Waals surface area contributed by atoms with Crippen molar-refractivity contribution < 1.29 is 9.53 Å². The van der Waals surface area contributed by atoms with E-state index in [9.17, 15) is 4.79 Å². The van der Waals surface area contributed by atoms with Crippen LogP contribution in [0.15, 0.2) is 24.3 Å². The van der Waals surface area contributed by atoms with Gasteiger partial charge in [0, 0.05) is 13.7 Å². The molecule has 1 rings (SSSR count). The van der Waals surface area contributed by atoms with E-state index in [4.69, 9.17) is 4.74 Å². The fourth-order valence-corrected chi connectivity index (χ4v) is 2.03. The van der Waals surface area contributed by atoms with Crippen LogP contribution in [0.25, 0.3) is 0 Å². The first-order valence-corrected chi connectivity index (χ1v) is 7.18. The van der Waals surface area contributed by atoms with Crippen molar-refractivity contribution in [3.8, 4) is 0 Å². The number of hydrogen-bond acceptors (Lipinski definition) is 3. The van der Waals surface area contributed by atoms with Crippen LogP contribution in [0.5, 0.6) is 0 Å². The molecule has 1 N–H and O–H groups in total. The van der Waals surface area contributed by atoms with Crippen LogP contribution in [0, 0.1) is 0 Å². The Kier molecular flexibility index (Phi) is 7.92. The van der Waals surface area contributed by atoms with Crippen LogP contribution in [0.4, 0.5) is 0 Å². The van der Waals surface area contributed by atoms with Gasteiger partial charge in [-0.3, -0.25) is 9.69 Å². The number of methoxy groups -OCH3 is 1. The summed E-state index contributed by atoms with van der Waals surface area (Å²) in [7, 11) is 3.66. The Morgan fingerprint density at radius 2 is 2.00 bits per heavy atom. The summed E-state index contributed by atoms with van der Waals surface area (Å²) in [6, 6.07) is 8.01. The van der Waals surface area contributed by atoms with Gasteiger partial charge in [0.05, 0.1) is 13.2 Å². The average Bonchev–Trinajstić information content (AvgIpc) is 2.44. The molecule has 1 aromatic carbocycles. The van der Waals surface area contributed by atoms with E-state index in [1.54, 1.807) is 7.11 Å². The third kappa shape index (κ3) is 6.17. The van der Waals surface area contributed by atoms with E-state index in [0.29, 0.717) is 19.7 Å². The zero-order valence-corrected chi connectivity index (χ0v) is 12.8. The second-order valence-corrected chi connectivity index (χ2v) is 5.07. The second kappa shape index (κ2) is 9.50. The molecule has 20 heavy (non-hydrogen) atoms. The quantitative estimate of drug-likeness (QED) is 0.753. The summed E-state index contributed by atoms with van der Waals surface area (Å²) in [5, 5.41) is 2.97. The van der Waals surface area contributed by atoms with Gasteiger partial charge in [0.15, 0.2) is 0 Å². The topological polar surface area (TPSA) is 41.6 Å². The Labute approximate surface area is 122 Å². The van der Waals surface area contributed by atoms with Gasteiger partial charge in [0.2, 0.25) is 5.91 Å². The number of rotatable bonds is 9. The molecule has 0 aliphatic carbocycles. The third-order valence-corrected chi connectivity index (χ3v) is 3.20. The maximum absolute atomic E-state index is 11.9. The first kappa shape index (κ1) is 16.7. The van der Waals surface area contributed by atoms with E-state index in [2.05, 4.69) is 17.1 Å². The van der Waals surface area contributed by atoms with Crippen LogP contribution in [0.2, 0.25) is 0 Å². The molecule has 0 heterocycles. The molecule has 4 nitrogen and oxygen atoms in total. The van der Waals surface area contributed by atoms with E-state index in [-0.39, 0.29) is 5.91 Å². The monoisotopic (exact) mass is 278 g/mol. The minimum atomic E-state index is 0.0656. The highest BCUT2D eigenvalue weighted by Gasteiger charge is 2.07. The first-order valence-electron chi connectivity index (χ1n) is 7.18. The van der Waals surface area contributed by atoms with Gasteiger partial charge in [-0.2, -0.15) is 0 Å². The molecule has 0 aliphatic rings. The van der Waals surface area contributed by atoms with Crippen LogP contribution < -0.4 is 5.32 Å². The standard InChI is InChI=1S/C16H26N2O2/c1-4-5-10-18(2)12-16(19)17-11-14-8-6-7-9-15(14)13-20-3/h6-9H,4-5,10-13H2,1-3H3,(H,17,19). The van der Waals surface area contributed by atoms with E-state index >= 15 is 0 Å². The Morgan fingerprint density at radius 3 is 2.65 bits per heavy atom. The SMILES string of the molecule is CCCCN(C)CC(=O)NCc1ccccc1COC. The van der Waals surface area contributed by atoms with Crippen molar-refractivity contribution in [1.82, 2.24) is 10.2 Å². The van der Waals surface area contributed by atoms with E-state index in [0.717, 1.165) is 30.5 Å². The van der Waals surface area contributed by atoms with Crippen molar-refractivity contribution in [2.45, 2.75) is 32.9 Å². The molecule has 1 amide bonds. The van der Waals surface area contributed by atoms with Crippen molar-refractivity contribution in [2.24, 2.45) is 0 Å². The summed E-state index contributed by atoms with van der Waals surface area (Å²) in [6.07, 6.45) is 2.27. The van der Waals surface area contributed by atoms with Gasteiger partial charge < -0.3 is 10.1 Å². The van der Waals surface area contributed by atoms with Gasteiger partial charge in [-0.15, -0.1) is 0 Å². The number of hydrogen-bond donors (Lipinski definition) is 1.